The molecular formula is C15H25N5O. The van der Waals surface area contributed by atoms with Gasteiger partial charge in [0.15, 0.2) is 0 Å². The second kappa shape index (κ2) is 6.56. The van der Waals surface area contributed by atoms with E-state index in [4.69, 9.17) is 0 Å². The van der Waals surface area contributed by atoms with Crippen LogP contribution >= 0.6 is 0 Å². The number of carbonyl (C=O) groups excluding carboxylic acids is 1. The number of H-pyrrole nitrogens is 1. The molecule has 2 heterocycles. The van der Waals surface area contributed by atoms with Crippen molar-refractivity contribution in [3.63, 3.8) is 0 Å². The molecule has 116 valence electrons. The van der Waals surface area contributed by atoms with Crippen molar-refractivity contribution in [1.29, 1.82) is 0 Å². The van der Waals surface area contributed by atoms with Gasteiger partial charge in [0.05, 0.1) is 0 Å². The first-order valence-electron chi connectivity index (χ1n) is 8.18. The molecule has 1 aromatic heterocycles. The van der Waals surface area contributed by atoms with Crippen molar-refractivity contribution in [1.82, 2.24) is 25.4 Å². The summed E-state index contributed by atoms with van der Waals surface area (Å²) >= 11 is 0. The third kappa shape index (κ3) is 3.81. The smallest absolute Gasteiger partial charge is 0.290 e. The van der Waals surface area contributed by atoms with Crippen LogP contribution in [0.2, 0.25) is 0 Å². The first-order valence-corrected chi connectivity index (χ1v) is 8.18. The zero-order valence-corrected chi connectivity index (χ0v) is 12.8. The summed E-state index contributed by atoms with van der Waals surface area (Å²) in [7, 11) is 0. The van der Waals surface area contributed by atoms with E-state index in [2.05, 4.69) is 32.3 Å². The maximum Gasteiger partial charge on any atom is 0.290 e. The summed E-state index contributed by atoms with van der Waals surface area (Å²) in [4.78, 5) is 18.7. The monoisotopic (exact) mass is 291 g/mol. The maximum atomic E-state index is 11.9. The lowest BCUT2D eigenvalue weighted by Crippen LogP contribution is -2.39. The number of aromatic nitrogens is 3. The molecule has 1 saturated carbocycles. The van der Waals surface area contributed by atoms with E-state index in [9.17, 15) is 4.79 Å². The Hall–Kier alpha value is -1.43. The fraction of sp³-hybridized carbons (Fsp3) is 0.800. The van der Waals surface area contributed by atoms with Crippen LogP contribution in [-0.4, -0.2) is 51.7 Å². The van der Waals surface area contributed by atoms with E-state index in [1.165, 1.54) is 25.8 Å². The number of hydrogen-bond donors (Lipinski definition) is 2. The number of nitrogens with zero attached hydrogens (tertiary/aromatic N) is 3. The molecule has 2 aliphatic rings. The Kier molecular flexibility index (Phi) is 4.53. The van der Waals surface area contributed by atoms with Gasteiger partial charge in [-0.05, 0) is 45.6 Å². The molecule has 1 aliphatic heterocycles. The second-order valence-corrected chi connectivity index (χ2v) is 6.31. The molecule has 0 radical (unpaired) electrons. The Morgan fingerprint density at radius 2 is 2.24 bits per heavy atom. The van der Waals surface area contributed by atoms with Crippen molar-refractivity contribution < 1.29 is 4.79 Å². The number of carbonyl (C=O) groups is 1. The second-order valence-electron chi connectivity index (χ2n) is 6.31. The number of aromatic amines is 1. The van der Waals surface area contributed by atoms with Crippen LogP contribution in [-0.2, 0) is 0 Å². The molecule has 1 amide bonds. The molecular weight excluding hydrogens is 266 g/mol. The summed E-state index contributed by atoms with van der Waals surface area (Å²) in [5.41, 5.74) is 0. The van der Waals surface area contributed by atoms with Gasteiger partial charge in [0, 0.05) is 25.0 Å². The van der Waals surface area contributed by atoms with Gasteiger partial charge >= 0.3 is 0 Å². The van der Waals surface area contributed by atoms with Crippen LogP contribution in [0.1, 0.15) is 67.8 Å². The summed E-state index contributed by atoms with van der Waals surface area (Å²) in [6.45, 7) is 5.24. The normalized spacial score (nSPS) is 23.2. The van der Waals surface area contributed by atoms with E-state index in [-0.39, 0.29) is 11.7 Å². The predicted molar refractivity (Wildman–Crippen MR) is 80.2 cm³/mol. The van der Waals surface area contributed by atoms with Crippen molar-refractivity contribution in [3.8, 4) is 0 Å². The minimum absolute atomic E-state index is 0.162. The molecule has 2 fully saturated rings. The number of nitrogens with one attached hydrogen (secondary N) is 2. The molecule has 0 spiro atoms. The summed E-state index contributed by atoms with van der Waals surface area (Å²) in [5, 5.41) is 9.78. The summed E-state index contributed by atoms with van der Waals surface area (Å²) in [5.74, 6) is 1.48. The predicted octanol–water partition coefficient (Wildman–Crippen LogP) is 1.68. The molecule has 0 bridgehead atoms. The zero-order valence-electron chi connectivity index (χ0n) is 12.8. The molecule has 1 aliphatic carbocycles. The first kappa shape index (κ1) is 14.5. The lowest BCUT2D eigenvalue weighted by atomic mass is 10.0. The third-order valence-corrected chi connectivity index (χ3v) is 4.52. The molecule has 0 aromatic carbocycles. The summed E-state index contributed by atoms with van der Waals surface area (Å²) in [6.07, 6.45) is 7.25. The number of amides is 1. The molecule has 1 unspecified atom stereocenters. The molecule has 21 heavy (non-hydrogen) atoms. The Labute approximate surface area is 125 Å². The zero-order chi connectivity index (χ0) is 14.7. The van der Waals surface area contributed by atoms with E-state index in [0.29, 0.717) is 18.5 Å². The van der Waals surface area contributed by atoms with Crippen LogP contribution < -0.4 is 5.32 Å². The lowest BCUT2D eigenvalue weighted by Gasteiger charge is -2.33. The molecule has 2 N–H and O–H groups in total. The van der Waals surface area contributed by atoms with Crippen molar-refractivity contribution in [2.75, 3.05) is 19.6 Å². The fourth-order valence-electron chi connectivity index (χ4n) is 2.97. The SMILES string of the molecule is CC1CCCCN1CCCNC(=O)c1n[nH]c(C2CC2)n1. The molecule has 1 aromatic rings. The van der Waals surface area contributed by atoms with Crippen molar-refractivity contribution in [2.24, 2.45) is 0 Å². The van der Waals surface area contributed by atoms with Gasteiger partial charge in [-0.2, -0.15) is 0 Å². The molecule has 6 nitrogen and oxygen atoms in total. The van der Waals surface area contributed by atoms with Gasteiger partial charge in [-0.1, -0.05) is 6.42 Å². The highest BCUT2D eigenvalue weighted by Gasteiger charge is 2.28. The molecule has 1 atom stereocenters. The van der Waals surface area contributed by atoms with E-state index in [1.807, 2.05) is 0 Å². The van der Waals surface area contributed by atoms with Crippen LogP contribution in [0.5, 0.6) is 0 Å². The van der Waals surface area contributed by atoms with Crippen LogP contribution in [0.3, 0.4) is 0 Å². The molecule has 6 heteroatoms. The quantitative estimate of drug-likeness (QED) is 0.782. The van der Waals surface area contributed by atoms with Gasteiger partial charge in [0.25, 0.3) is 5.91 Å². The van der Waals surface area contributed by atoms with E-state index < -0.39 is 0 Å². The third-order valence-electron chi connectivity index (χ3n) is 4.52. The van der Waals surface area contributed by atoms with E-state index >= 15 is 0 Å². The van der Waals surface area contributed by atoms with E-state index in [1.54, 1.807) is 0 Å². The summed E-state index contributed by atoms with van der Waals surface area (Å²) in [6, 6.07) is 0.684. The van der Waals surface area contributed by atoms with Gasteiger partial charge in [-0.3, -0.25) is 9.89 Å². The Balaban J connectivity index is 1.37. The highest BCUT2D eigenvalue weighted by Crippen LogP contribution is 2.37. The van der Waals surface area contributed by atoms with Crippen molar-refractivity contribution in [2.45, 2.75) is 57.4 Å². The minimum Gasteiger partial charge on any atom is -0.349 e. The van der Waals surface area contributed by atoms with Gasteiger partial charge < -0.3 is 10.2 Å². The highest BCUT2D eigenvalue weighted by atomic mass is 16.2. The Morgan fingerprint density at radius 3 is 3.00 bits per heavy atom. The van der Waals surface area contributed by atoms with Crippen LogP contribution in [0.4, 0.5) is 0 Å². The van der Waals surface area contributed by atoms with E-state index in [0.717, 1.165) is 31.6 Å². The average molecular weight is 291 g/mol. The van der Waals surface area contributed by atoms with Crippen LogP contribution in [0.25, 0.3) is 0 Å². The minimum atomic E-state index is -0.162. The average Bonchev–Trinajstić information content (AvgIpc) is 3.22. The van der Waals surface area contributed by atoms with Gasteiger partial charge in [-0.15, -0.1) is 5.10 Å². The molecule has 3 rings (SSSR count). The van der Waals surface area contributed by atoms with Gasteiger partial charge in [0.1, 0.15) is 5.82 Å². The largest absolute Gasteiger partial charge is 0.349 e. The summed E-state index contributed by atoms with van der Waals surface area (Å²) < 4.78 is 0. The number of rotatable bonds is 6. The Morgan fingerprint density at radius 1 is 1.38 bits per heavy atom. The van der Waals surface area contributed by atoms with Crippen molar-refractivity contribution in [3.05, 3.63) is 11.6 Å². The number of hydrogen-bond acceptors (Lipinski definition) is 4. The van der Waals surface area contributed by atoms with Crippen LogP contribution in [0, 0.1) is 0 Å². The van der Waals surface area contributed by atoms with Crippen molar-refractivity contribution >= 4 is 5.91 Å². The molecule has 1 saturated heterocycles. The standard InChI is InChI=1S/C15H25N5O/c1-11-5-2-3-9-20(11)10-4-8-16-15(21)14-17-13(18-19-14)12-6-7-12/h11-12H,2-10H2,1H3,(H,16,21)(H,17,18,19). The lowest BCUT2D eigenvalue weighted by molar-refractivity contribution is 0.0939. The topological polar surface area (TPSA) is 73.9 Å². The number of piperidine rings is 1. The van der Waals surface area contributed by atoms with Gasteiger partial charge in [0.2, 0.25) is 5.82 Å². The first-order chi connectivity index (χ1) is 10.2. The Bertz CT molecular complexity index is 482. The van der Waals surface area contributed by atoms with Crippen LogP contribution in [0.15, 0.2) is 0 Å². The van der Waals surface area contributed by atoms with Gasteiger partial charge in [-0.25, -0.2) is 4.98 Å². The number of likely N-dealkylation sites (tertiary alicyclic amines) is 1. The fourth-order valence-corrected chi connectivity index (χ4v) is 2.97. The maximum absolute atomic E-state index is 11.9. The highest BCUT2D eigenvalue weighted by molar-refractivity contribution is 5.90.